The van der Waals surface area contributed by atoms with Crippen molar-refractivity contribution in [1.29, 1.82) is 0 Å². The maximum absolute atomic E-state index is 11.4. The van der Waals surface area contributed by atoms with Crippen LogP contribution in [0.4, 0.5) is 0 Å². The number of carboxylic acids is 1. The van der Waals surface area contributed by atoms with Gasteiger partial charge in [0.1, 0.15) is 0 Å². The van der Waals surface area contributed by atoms with Gasteiger partial charge in [0, 0.05) is 16.8 Å². The Hall–Kier alpha value is -2.10. The SMILES string of the molecule is O=C(O)C1CCCc2[nH]nc(-c3ccccc3)c21. The van der Waals surface area contributed by atoms with Crippen LogP contribution in [0.3, 0.4) is 0 Å². The number of nitrogens with zero attached hydrogens (tertiary/aromatic N) is 1. The van der Waals surface area contributed by atoms with Crippen LogP contribution in [0.25, 0.3) is 11.3 Å². The van der Waals surface area contributed by atoms with Gasteiger partial charge >= 0.3 is 5.97 Å². The second-order valence-electron chi connectivity index (χ2n) is 4.61. The molecule has 1 heterocycles. The third kappa shape index (κ3) is 1.70. The van der Waals surface area contributed by atoms with E-state index in [0.717, 1.165) is 35.4 Å². The highest BCUT2D eigenvalue weighted by Gasteiger charge is 2.31. The Kier molecular flexibility index (Phi) is 2.63. The van der Waals surface area contributed by atoms with Crippen molar-refractivity contribution in [2.75, 3.05) is 0 Å². The zero-order valence-electron chi connectivity index (χ0n) is 9.89. The van der Waals surface area contributed by atoms with Crippen molar-refractivity contribution >= 4 is 5.97 Å². The number of aryl methyl sites for hydroxylation is 1. The van der Waals surface area contributed by atoms with Gasteiger partial charge in [-0.3, -0.25) is 9.89 Å². The minimum absolute atomic E-state index is 0.428. The maximum atomic E-state index is 11.4. The van der Waals surface area contributed by atoms with Gasteiger partial charge in [0.25, 0.3) is 0 Å². The molecule has 3 rings (SSSR count). The first-order valence-electron chi connectivity index (χ1n) is 6.12. The Balaban J connectivity index is 2.13. The van der Waals surface area contributed by atoms with Gasteiger partial charge in [-0.25, -0.2) is 0 Å². The molecule has 1 aromatic heterocycles. The highest BCUT2D eigenvalue weighted by molar-refractivity contribution is 5.81. The summed E-state index contributed by atoms with van der Waals surface area (Å²) in [5.74, 6) is -1.18. The standard InChI is InChI=1S/C14H14N2O2/c17-14(18)10-7-4-8-11-12(10)13(16-15-11)9-5-2-1-3-6-9/h1-3,5-6,10H,4,7-8H2,(H,15,16)(H,17,18). The predicted octanol–water partition coefficient (Wildman–Crippen LogP) is 2.58. The molecule has 0 spiro atoms. The molecule has 0 amide bonds. The average Bonchev–Trinajstić information content (AvgIpc) is 2.83. The number of H-pyrrole nitrogens is 1. The number of benzene rings is 1. The number of carboxylic acid groups (broad SMARTS) is 1. The highest BCUT2D eigenvalue weighted by atomic mass is 16.4. The molecule has 92 valence electrons. The molecule has 1 aliphatic rings. The lowest BCUT2D eigenvalue weighted by Crippen LogP contribution is -2.17. The van der Waals surface area contributed by atoms with Gasteiger partial charge in [0.2, 0.25) is 0 Å². The number of carbonyl (C=O) groups is 1. The second kappa shape index (κ2) is 4.29. The molecule has 0 saturated heterocycles. The van der Waals surface area contributed by atoms with E-state index in [4.69, 9.17) is 0 Å². The largest absolute Gasteiger partial charge is 0.481 e. The summed E-state index contributed by atoms with van der Waals surface area (Å²) in [7, 11) is 0. The van der Waals surface area contributed by atoms with Crippen LogP contribution in [-0.4, -0.2) is 21.3 Å². The topological polar surface area (TPSA) is 66.0 Å². The van der Waals surface area contributed by atoms with Crippen molar-refractivity contribution in [3.05, 3.63) is 41.6 Å². The summed E-state index contributed by atoms with van der Waals surface area (Å²) < 4.78 is 0. The van der Waals surface area contributed by atoms with Crippen molar-refractivity contribution in [2.45, 2.75) is 25.2 Å². The van der Waals surface area contributed by atoms with Crippen LogP contribution < -0.4 is 0 Å². The molecule has 18 heavy (non-hydrogen) atoms. The Labute approximate surface area is 105 Å². The zero-order valence-corrected chi connectivity index (χ0v) is 9.89. The number of aliphatic carboxylic acids is 1. The lowest BCUT2D eigenvalue weighted by atomic mass is 9.84. The number of hydrogen-bond acceptors (Lipinski definition) is 2. The smallest absolute Gasteiger partial charge is 0.311 e. The van der Waals surface area contributed by atoms with Gasteiger partial charge < -0.3 is 5.11 Å². The molecule has 1 aliphatic carbocycles. The molecule has 1 unspecified atom stereocenters. The van der Waals surface area contributed by atoms with Crippen molar-refractivity contribution in [3.63, 3.8) is 0 Å². The van der Waals surface area contributed by atoms with Crippen molar-refractivity contribution < 1.29 is 9.90 Å². The number of hydrogen-bond donors (Lipinski definition) is 2. The third-order valence-electron chi connectivity index (χ3n) is 3.50. The molecule has 4 heteroatoms. The lowest BCUT2D eigenvalue weighted by molar-refractivity contribution is -0.139. The van der Waals surface area contributed by atoms with Gasteiger partial charge in [-0.05, 0) is 19.3 Å². The predicted molar refractivity (Wildman–Crippen MR) is 67.3 cm³/mol. The van der Waals surface area contributed by atoms with Crippen molar-refractivity contribution in [3.8, 4) is 11.3 Å². The molecule has 2 aromatic rings. The summed E-state index contributed by atoms with van der Waals surface area (Å²) in [4.78, 5) is 11.4. The Bertz CT molecular complexity index is 575. The third-order valence-corrected chi connectivity index (χ3v) is 3.50. The number of aromatic nitrogens is 2. The van der Waals surface area contributed by atoms with Gasteiger partial charge in [-0.2, -0.15) is 5.10 Å². The first-order valence-corrected chi connectivity index (χ1v) is 6.12. The molecule has 1 atom stereocenters. The van der Waals surface area contributed by atoms with Gasteiger partial charge in [-0.15, -0.1) is 0 Å². The molecule has 2 N–H and O–H groups in total. The van der Waals surface area contributed by atoms with Gasteiger partial charge in [-0.1, -0.05) is 30.3 Å². The average molecular weight is 242 g/mol. The van der Waals surface area contributed by atoms with Crippen LogP contribution in [-0.2, 0) is 11.2 Å². The molecule has 0 fully saturated rings. The maximum Gasteiger partial charge on any atom is 0.311 e. The van der Waals surface area contributed by atoms with E-state index >= 15 is 0 Å². The molecule has 0 saturated carbocycles. The van der Waals surface area contributed by atoms with Crippen LogP contribution in [0, 0.1) is 0 Å². The zero-order chi connectivity index (χ0) is 12.5. The summed E-state index contributed by atoms with van der Waals surface area (Å²) >= 11 is 0. The van der Waals surface area contributed by atoms with E-state index in [1.54, 1.807) is 0 Å². The second-order valence-corrected chi connectivity index (χ2v) is 4.61. The Morgan fingerprint density at radius 3 is 2.83 bits per heavy atom. The van der Waals surface area contributed by atoms with E-state index in [2.05, 4.69) is 10.2 Å². The quantitative estimate of drug-likeness (QED) is 0.850. The summed E-state index contributed by atoms with van der Waals surface area (Å²) in [6.45, 7) is 0. The molecule has 0 radical (unpaired) electrons. The first kappa shape index (κ1) is 11.0. The monoisotopic (exact) mass is 242 g/mol. The van der Waals surface area contributed by atoms with Gasteiger partial charge in [0.15, 0.2) is 0 Å². The summed E-state index contributed by atoms with van der Waals surface area (Å²) in [5.41, 5.74) is 3.62. The Morgan fingerprint density at radius 1 is 1.33 bits per heavy atom. The van der Waals surface area contributed by atoms with E-state index in [0.29, 0.717) is 6.42 Å². The van der Waals surface area contributed by atoms with Crippen LogP contribution in [0.15, 0.2) is 30.3 Å². The fraction of sp³-hybridized carbons (Fsp3) is 0.286. The van der Waals surface area contributed by atoms with E-state index in [1.165, 1.54) is 0 Å². The molecular formula is C14H14N2O2. The summed E-state index contributed by atoms with van der Waals surface area (Å²) in [5, 5.41) is 16.6. The van der Waals surface area contributed by atoms with E-state index < -0.39 is 11.9 Å². The van der Waals surface area contributed by atoms with E-state index in [9.17, 15) is 9.90 Å². The van der Waals surface area contributed by atoms with Crippen LogP contribution >= 0.6 is 0 Å². The summed E-state index contributed by atoms with van der Waals surface area (Å²) in [6, 6.07) is 9.75. The molecular weight excluding hydrogens is 228 g/mol. The normalized spacial score (nSPS) is 18.3. The number of fused-ring (bicyclic) bond motifs is 1. The molecule has 0 aliphatic heterocycles. The number of rotatable bonds is 2. The number of aromatic amines is 1. The minimum atomic E-state index is -0.755. The molecule has 4 nitrogen and oxygen atoms in total. The molecule has 1 aromatic carbocycles. The first-order chi connectivity index (χ1) is 8.77. The fourth-order valence-electron chi connectivity index (χ4n) is 2.64. The summed E-state index contributed by atoms with van der Waals surface area (Å²) in [6.07, 6.45) is 2.49. The van der Waals surface area contributed by atoms with Crippen molar-refractivity contribution in [2.24, 2.45) is 0 Å². The van der Waals surface area contributed by atoms with Crippen molar-refractivity contribution in [1.82, 2.24) is 10.2 Å². The van der Waals surface area contributed by atoms with E-state index in [-0.39, 0.29) is 0 Å². The van der Waals surface area contributed by atoms with Crippen LogP contribution in [0.5, 0.6) is 0 Å². The van der Waals surface area contributed by atoms with Crippen LogP contribution in [0.2, 0.25) is 0 Å². The van der Waals surface area contributed by atoms with E-state index in [1.807, 2.05) is 30.3 Å². The van der Waals surface area contributed by atoms with Crippen LogP contribution in [0.1, 0.15) is 30.0 Å². The lowest BCUT2D eigenvalue weighted by Gasteiger charge is -2.19. The minimum Gasteiger partial charge on any atom is -0.481 e. The Morgan fingerprint density at radius 2 is 2.11 bits per heavy atom. The van der Waals surface area contributed by atoms with Gasteiger partial charge in [0.05, 0.1) is 11.6 Å². The fourth-order valence-corrected chi connectivity index (χ4v) is 2.64. The highest BCUT2D eigenvalue weighted by Crippen LogP contribution is 2.37. The molecule has 0 bridgehead atoms. The number of nitrogens with one attached hydrogen (secondary N) is 1.